The molecule has 2 amide bonds. The normalized spacial score (nSPS) is 14.8. The molecule has 2 aromatic heterocycles. The summed E-state index contributed by atoms with van der Waals surface area (Å²) in [6, 6.07) is 0.282. The molecule has 0 aliphatic heterocycles. The highest BCUT2D eigenvalue weighted by atomic mass is 79.9. The molecule has 0 unspecified atom stereocenters. The summed E-state index contributed by atoms with van der Waals surface area (Å²) < 4.78 is 2.17. The average molecular weight is 423 g/mol. The Morgan fingerprint density at radius 1 is 1.38 bits per heavy atom. The molecular weight excluding hydrogens is 400 g/mol. The number of H-pyrrole nitrogens is 1. The quantitative estimate of drug-likeness (QED) is 0.665. The van der Waals surface area contributed by atoms with Gasteiger partial charge < -0.3 is 10.6 Å². The maximum atomic E-state index is 12.4. The van der Waals surface area contributed by atoms with Gasteiger partial charge in [-0.3, -0.25) is 19.4 Å². The Hall–Kier alpha value is -2.16. The lowest BCUT2D eigenvalue weighted by molar-refractivity contribution is -0.122. The van der Waals surface area contributed by atoms with Crippen LogP contribution in [-0.2, 0) is 11.3 Å². The van der Waals surface area contributed by atoms with Gasteiger partial charge in [0.05, 0.1) is 22.1 Å². The fourth-order valence-electron chi connectivity index (χ4n) is 3.07. The van der Waals surface area contributed by atoms with Crippen molar-refractivity contribution in [1.29, 1.82) is 0 Å². The zero-order valence-corrected chi connectivity index (χ0v) is 16.5. The maximum Gasteiger partial charge on any atom is 0.277 e. The van der Waals surface area contributed by atoms with Crippen LogP contribution < -0.4 is 10.6 Å². The third kappa shape index (κ3) is 4.32. The molecule has 1 aliphatic carbocycles. The van der Waals surface area contributed by atoms with Crippen LogP contribution in [0.4, 0.5) is 5.69 Å². The molecule has 0 bridgehead atoms. The Labute approximate surface area is 160 Å². The Morgan fingerprint density at radius 2 is 2.12 bits per heavy atom. The van der Waals surface area contributed by atoms with Crippen molar-refractivity contribution < 1.29 is 9.59 Å². The molecular formula is C17H23BrN6O2. The molecule has 3 N–H and O–H groups in total. The van der Waals surface area contributed by atoms with E-state index in [0.29, 0.717) is 15.9 Å². The number of nitrogens with zero attached hydrogens (tertiary/aromatic N) is 3. The van der Waals surface area contributed by atoms with Crippen molar-refractivity contribution in [3.63, 3.8) is 0 Å². The molecule has 0 spiro atoms. The van der Waals surface area contributed by atoms with Crippen LogP contribution in [0, 0.1) is 0 Å². The summed E-state index contributed by atoms with van der Waals surface area (Å²) in [5.41, 5.74) is 1.68. The van der Waals surface area contributed by atoms with Crippen molar-refractivity contribution in [3.05, 3.63) is 28.3 Å². The molecule has 1 saturated carbocycles. The third-order valence-corrected chi connectivity index (χ3v) is 5.24. The summed E-state index contributed by atoms with van der Waals surface area (Å²) in [6.07, 6.45) is 7.58. The lowest BCUT2D eigenvalue weighted by Crippen LogP contribution is -2.35. The first-order valence-electron chi connectivity index (χ1n) is 8.81. The van der Waals surface area contributed by atoms with Gasteiger partial charge in [0.15, 0.2) is 5.69 Å². The predicted molar refractivity (Wildman–Crippen MR) is 101 cm³/mol. The standard InChI is InChI=1S/C17H23BrN6O2/c1-10(2)15-14(18)16(23-22-15)17(26)21-12-7-19-24(8-12)9-13(25)20-11-5-3-4-6-11/h7-8,10-11H,3-6,9H2,1-2H3,(H,20,25)(H,21,26)(H,22,23). The van der Waals surface area contributed by atoms with Crippen LogP contribution in [-0.4, -0.2) is 37.8 Å². The van der Waals surface area contributed by atoms with E-state index in [0.717, 1.165) is 18.5 Å². The molecule has 1 aliphatic rings. The number of aromatic amines is 1. The fraction of sp³-hybridized carbons (Fsp3) is 0.529. The van der Waals surface area contributed by atoms with Gasteiger partial charge in [-0.2, -0.15) is 10.2 Å². The number of hydrogen-bond donors (Lipinski definition) is 3. The van der Waals surface area contributed by atoms with Crippen LogP contribution in [0.25, 0.3) is 0 Å². The number of nitrogens with one attached hydrogen (secondary N) is 3. The van der Waals surface area contributed by atoms with Gasteiger partial charge in [0.1, 0.15) is 6.54 Å². The van der Waals surface area contributed by atoms with Gasteiger partial charge in [-0.25, -0.2) is 0 Å². The van der Waals surface area contributed by atoms with Crippen molar-refractivity contribution in [2.24, 2.45) is 0 Å². The van der Waals surface area contributed by atoms with E-state index >= 15 is 0 Å². The fourth-order valence-corrected chi connectivity index (χ4v) is 3.89. The number of aromatic nitrogens is 4. The van der Waals surface area contributed by atoms with Crippen molar-refractivity contribution in [3.8, 4) is 0 Å². The first-order chi connectivity index (χ1) is 12.4. The summed E-state index contributed by atoms with van der Waals surface area (Å²) >= 11 is 3.42. The average Bonchev–Trinajstić information content (AvgIpc) is 3.29. The van der Waals surface area contributed by atoms with Gasteiger partial charge in [0.2, 0.25) is 5.91 Å². The van der Waals surface area contributed by atoms with Crippen LogP contribution >= 0.6 is 15.9 Å². The molecule has 8 nitrogen and oxygen atoms in total. The number of halogens is 1. The molecule has 0 radical (unpaired) electrons. The van der Waals surface area contributed by atoms with Crippen molar-refractivity contribution in [1.82, 2.24) is 25.3 Å². The summed E-state index contributed by atoms with van der Waals surface area (Å²) in [5.74, 6) is -0.177. The number of carbonyl (C=O) groups is 2. The number of carbonyl (C=O) groups excluding carboxylic acids is 2. The van der Waals surface area contributed by atoms with E-state index < -0.39 is 0 Å². The number of rotatable bonds is 6. The lowest BCUT2D eigenvalue weighted by Gasteiger charge is -2.11. The maximum absolute atomic E-state index is 12.4. The van der Waals surface area contributed by atoms with Crippen LogP contribution in [0.3, 0.4) is 0 Å². The van der Waals surface area contributed by atoms with Crippen LogP contribution in [0.15, 0.2) is 16.9 Å². The zero-order chi connectivity index (χ0) is 18.7. The van der Waals surface area contributed by atoms with Crippen LogP contribution in [0.2, 0.25) is 0 Å². The highest BCUT2D eigenvalue weighted by molar-refractivity contribution is 9.10. The minimum absolute atomic E-state index is 0.0607. The lowest BCUT2D eigenvalue weighted by atomic mass is 10.1. The highest BCUT2D eigenvalue weighted by Gasteiger charge is 2.20. The number of hydrogen-bond acceptors (Lipinski definition) is 4. The van der Waals surface area contributed by atoms with Gasteiger partial charge in [-0.1, -0.05) is 26.7 Å². The molecule has 1 fully saturated rings. The molecule has 0 saturated heterocycles. The van der Waals surface area contributed by atoms with E-state index in [2.05, 4.69) is 41.9 Å². The Kier molecular flexibility index (Phi) is 5.75. The number of anilines is 1. The zero-order valence-electron chi connectivity index (χ0n) is 14.9. The van der Waals surface area contributed by atoms with E-state index in [4.69, 9.17) is 0 Å². The molecule has 0 aromatic carbocycles. The Morgan fingerprint density at radius 3 is 2.77 bits per heavy atom. The minimum atomic E-state index is -0.338. The predicted octanol–water partition coefficient (Wildman–Crippen LogP) is 2.80. The smallest absolute Gasteiger partial charge is 0.277 e. The van der Waals surface area contributed by atoms with Gasteiger partial charge >= 0.3 is 0 Å². The van der Waals surface area contributed by atoms with Crippen molar-refractivity contribution >= 4 is 33.4 Å². The van der Waals surface area contributed by atoms with Crippen LogP contribution in [0.5, 0.6) is 0 Å². The van der Waals surface area contributed by atoms with Gasteiger partial charge in [0, 0.05) is 12.2 Å². The first kappa shape index (κ1) is 18.6. The monoisotopic (exact) mass is 422 g/mol. The van der Waals surface area contributed by atoms with Gasteiger partial charge in [-0.05, 0) is 34.7 Å². The molecule has 140 valence electrons. The molecule has 2 heterocycles. The van der Waals surface area contributed by atoms with E-state index in [1.54, 1.807) is 6.20 Å². The Bertz CT molecular complexity index is 791. The molecule has 26 heavy (non-hydrogen) atoms. The second-order valence-corrected chi connectivity index (χ2v) is 7.68. The molecule has 0 atom stereocenters. The summed E-state index contributed by atoms with van der Waals surface area (Å²) in [5, 5.41) is 16.8. The van der Waals surface area contributed by atoms with Crippen LogP contribution in [0.1, 0.15) is 61.6 Å². The van der Waals surface area contributed by atoms with Crippen molar-refractivity contribution in [2.75, 3.05) is 5.32 Å². The highest BCUT2D eigenvalue weighted by Crippen LogP contribution is 2.26. The summed E-state index contributed by atoms with van der Waals surface area (Å²) in [7, 11) is 0. The minimum Gasteiger partial charge on any atom is -0.352 e. The van der Waals surface area contributed by atoms with Crippen molar-refractivity contribution in [2.45, 2.75) is 58.0 Å². The van der Waals surface area contributed by atoms with E-state index in [1.165, 1.54) is 23.7 Å². The molecule has 3 rings (SSSR count). The SMILES string of the molecule is CC(C)c1[nH]nc(C(=O)Nc2cnn(CC(=O)NC3CCCC3)c2)c1Br. The molecule has 9 heteroatoms. The number of amides is 2. The van der Waals surface area contributed by atoms with Gasteiger partial charge in [0.25, 0.3) is 5.91 Å². The molecule has 2 aromatic rings. The summed E-state index contributed by atoms with van der Waals surface area (Å²) in [6.45, 7) is 4.16. The second-order valence-electron chi connectivity index (χ2n) is 6.88. The second kappa shape index (κ2) is 8.03. The first-order valence-corrected chi connectivity index (χ1v) is 9.60. The van der Waals surface area contributed by atoms with E-state index in [9.17, 15) is 9.59 Å². The summed E-state index contributed by atoms with van der Waals surface area (Å²) in [4.78, 5) is 24.4. The van der Waals surface area contributed by atoms with E-state index in [-0.39, 0.29) is 30.3 Å². The topological polar surface area (TPSA) is 105 Å². The Balaban J connectivity index is 1.57. The largest absolute Gasteiger partial charge is 0.352 e. The van der Waals surface area contributed by atoms with Gasteiger partial charge in [-0.15, -0.1) is 0 Å². The van der Waals surface area contributed by atoms with E-state index in [1.807, 2.05) is 13.8 Å². The third-order valence-electron chi connectivity index (χ3n) is 4.44.